The van der Waals surface area contributed by atoms with Crippen LogP contribution in [0.2, 0.25) is 5.15 Å². The van der Waals surface area contributed by atoms with Gasteiger partial charge >= 0.3 is 0 Å². The summed E-state index contributed by atoms with van der Waals surface area (Å²) in [6.45, 7) is 1.88. The van der Waals surface area contributed by atoms with Gasteiger partial charge in [-0.05, 0) is 19.1 Å². The molecule has 0 bridgehead atoms. The molecule has 140 valence electrons. The Morgan fingerprint density at radius 3 is 2.68 bits per heavy atom. The first-order chi connectivity index (χ1) is 13.6. The normalized spacial score (nSPS) is 10.8. The summed E-state index contributed by atoms with van der Waals surface area (Å²) in [7, 11) is 1.54. The van der Waals surface area contributed by atoms with Crippen molar-refractivity contribution in [3.8, 4) is 11.6 Å². The van der Waals surface area contributed by atoms with E-state index in [4.69, 9.17) is 16.3 Å². The molecule has 28 heavy (non-hydrogen) atoms. The molecule has 0 atom stereocenters. The number of nitrogens with zero attached hydrogens (tertiary/aromatic N) is 4. The van der Waals surface area contributed by atoms with Gasteiger partial charge in [-0.1, -0.05) is 29.8 Å². The van der Waals surface area contributed by atoms with Gasteiger partial charge < -0.3 is 10.1 Å². The highest BCUT2D eigenvalue weighted by atomic mass is 35.5. The Labute approximate surface area is 165 Å². The average molecular weight is 394 g/mol. The van der Waals surface area contributed by atoms with Gasteiger partial charge in [0.25, 0.3) is 5.91 Å². The van der Waals surface area contributed by atoms with E-state index in [1.165, 1.54) is 7.11 Å². The quantitative estimate of drug-likeness (QED) is 0.529. The van der Waals surface area contributed by atoms with Crippen molar-refractivity contribution in [3.63, 3.8) is 0 Å². The molecule has 7 nitrogen and oxygen atoms in total. The molecule has 4 aromatic rings. The van der Waals surface area contributed by atoms with Crippen molar-refractivity contribution in [1.29, 1.82) is 0 Å². The smallest absolute Gasteiger partial charge is 0.255 e. The lowest BCUT2D eigenvalue weighted by Crippen LogP contribution is -2.12. The molecule has 0 spiro atoms. The van der Waals surface area contributed by atoms with Gasteiger partial charge in [0.15, 0.2) is 11.6 Å². The monoisotopic (exact) mass is 393 g/mol. The number of aryl methyl sites for hydroxylation is 1. The summed E-state index contributed by atoms with van der Waals surface area (Å²) in [6, 6.07) is 12.4. The molecule has 3 aromatic heterocycles. The van der Waals surface area contributed by atoms with Gasteiger partial charge in [-0.25, -0.2) is 14.6 Å². The minimum Gasteiger partial charge on any atom is -0.493 e. The zero-order valence-electron chi connectivity index (χ0n) is 15.2. The Morgan fingerprint density at radius 1 is 1.14 bits per heavy atom. The van der Waals surface area contributed by atoms with Gasteiger partial charge in [0, 0.05) is 29.3 Å². The summed E-state index contributed by atoms with van der Waals surface area (Å²) in [4.78, 5) is 20.9. The Hall–Kier alpha value is -3.45. The van der Waals surface area contributed by atoms with Crippen LogP contribution in [0, 0.1) is 6.92 Å². The molecule has 8 heteroatoms. The van der Waals surface area contributed by atoms with Crippen LogP contribution in [0.15, 0.2) is 54.9 Å². The molecule has 0 aliphatic rings. The van der Waals surface area contributed by atoms with Crippen LogP contribution in [0.5, 0.6) is 5.75 Å². The maximum Gasteiger partial charge on any atom is 0.255 e. The van der Waals surface area contributed by atoms with E-state index in [1.807, 2.05) is 25.1 Å². The second-order valence-corrected chi connectivity index (χ2v) is 6.48. The van der Waals surface area contributed by atoms with E-state index in [2.05, 4.69) is 20.4 Å². The number of rotatable bonds is 4. The SMILES string of the molecule is COc1cc(NC(=O)c2ccccc2)cnc1-n1nc(C)c2cnc(Cl)cc21. The minimum atomic E-state index is -0.226. The van der Waals surface area contributed by atoms with Crippen molar-refractivity contribution < 1.29 is 9.53 Å². The van der Waals surface area contributed by atoms with Gasteiger partial charge in [-0.2, -0.15) is 5.10 Å². The second kappa shape index (κ2) is 7.28. The topological polar surface area (TPSA) is 81.9 Å². The third-order valence-corrected chi connectivity index (χ3v) is 4.47. The van der Waals surface area contributed by atoms with Crippen LogP contribution in [0.3, 0.4) is 0 Å². The highest BCUT2D eigenvalue weighted by Crippen LogP contribution is 2.29. The molecule has 1 amide bonds. The first-order valence-electron chi connectivity index (χ1n) is 8.48. The molecule has 0 aliphatic carbocycles. The predicted octanol–water partition coefficient (Wildman–Crippen LogP) is 4.04. The maximum absolute atomic E-state index is 12.4. The highest BCUT2D eigenvalue weighted by molar-refractivity contribution is 6.30. The Bertz CT molecular complexity index is 1170. The third kappa shape index (κ3) is 3.27. The Balaban J connectivity index is 1.72. The van der Waals surface area contributed by atoms with E-state index < -0.39 is 0 Å². The van der Waals surface area contributed by atoms with Crippen molar-refractivity contribution in [2.45, 2.75) is 6.92 Å². The average Bonchev–Trinajstić information content (AvgIpc) is 3.04. The van der Waals surface area contributed by atoms with E-state index in [0.29, 0.717) is 28.0 Å². The van der Waals surface area contributed by atoms with E-state index in [-0.39, 0.29) is 5.91 Å². The fourth-order valence-corrected chi connectivity index (χ4v) is 3.05. The number of pyridine rings is 2. The standard InChI is InChI=1S/C20H16ClN5O2/c1-12-15-11-22-18(21)9-16(15)26(25-12)19-17(28-2)8-14(10-23-19)24-20(27)13-6-4-3-5-7-13/h3-11H,1-2H3,(H,24,27). The van der Waals surface area contributed by atoms with Crippen molar-refractivity contribution in [1.82, 2.24) is 19.7 Å². The van der Waals surface area contributed by atoms with E-state index in [1.54, 1.807) is 41.3 Å². The molecule has 0 saturated heterocycles. The Kier molecular flexibility index (Phi) is 4.67. The summed E-state index contributed by atoms with van der Waals surface area (Å²) >= 11 is 6.05. The number of amides is 1. The van der Waals surface area contributed by atoms with Crippen LogP contribution in [0.4, 0.5) is 5.69 Å². The molecular weight excluding hydrogens is 378 g/mol. The molecule has 1 N–H and O–H groups in total. The number of aromatic nitrogens is 4. The number of benzene rings is 1. The molecule has 4 rings (SSSR count). The van der Waals surface area contributed by atoms with Crippen molar-refractivity contribution >= 4 is 34.1 Å². The lowest BCUT2D eigenvalue weighted by molar-refractivity contribution is 0.102. The van der Waals surface area contributed by atoms with Crippen LogP contribution in [-0.4, -0.2) is 32.8 Å². The number of ether oxygens (including phenoxy) is 1. The number of halogens is 1. The number of methoxy groups -OCH3 is 1. The van der Waals surface area contributed by atoms with Crippen LogP contribution >= 0.6 is 11.6 Å². The fraction of sp³-hybridized carbons (Fsp3) is 0.100. The predicted molar refractivity (Wildman–Crippen MR) is 107 cm³/mol. The largest absolute Gasteiger partial charge is 0.493 e. The fourth-order valence-electron chi connectivity index (χ4n) is 2.90. The molecule has 0 aliphatic heterocycles. The van der Waals surface area contributed by atoms with Gasteiger partial charge in [0.1, 0.15) is 5.15 Å². The summed E-state index contributed by atoms with van der Waals surface area (Å²) in [5.74, 6) is 0.721. The molecule has 1 aromatic carbocycles. The van der Waals surface area contributed by atoms with Crippen LogP contribution in [-0.2, 0) is 0 Å². The zero-order chi connectivity index (χ0) is 19.7. The molecule has 0 fully saturated rings. The first kappa shape index (κ1) is 17.9. The van der Waals surface area contributed by atoms with Gasteiger partial charge in [0.2, 0.25) is 0 Å². The molecule has 0 radical (unpaired) electrons. The zero-order valence-corrected chi connectivity index (χ0v) is 15.9. The van der Waals surface area contributed by atoms with Crippen LogP contribution in [0.1, 0.15) is 16.1 Å². The lowest BCUT2D eigenvalue weighted by Gasteiger charge is -2.11. The van der Waals surface area contributed by atoms with Crippen molar-refractivity contribution in [2.24, 2.45) is 0 Å². The number of hydrogen-bond donors (Lipinski definition) is 1. The molecule has 0 saturated carbocycles. The number of carbonyl (C=O) groups excluding carboxylic acids is 1. The van der Waals surface area contributed by atoms with E-state index in [9.17, 15) is 4.79 Å². The van der Waals surface area contributed by atoms with Crippen LogP contribution in [0.25, 0.3) is 16.7 Å². The number of hydrogen-bond acceptors (Lipinski definition) is 5. The maximum atomic E-state index is 12.4. The van der Waals surface area contributed by atoms with Crippen LogP contribution < -0.4 is 10.1 Å². The van der Waals surface area contributed by atoms with Gasteiger partial charge in [0.05, 0.1) is 30.2 Å². The third-order valence-electron chi connectivity index (χ3n) is 4.26. The number of anilines is 1. The Morgan fingerprint density at radius 2 is 1.93 bits per heavy atom. The number of carbonyl (C=O) groups is 1. The first-order valence-corrected chi connectivity index (χ1v) is 8.86. The summed E-state index contributed by atoms with van der Waals surface area (Å²) < 4.78 is 7.15. The molecule has 3 heterocycles. The van der Waals surface area contributed by atoms with Crippen molar-refractivity contribution in [2.75, 3.05) is 12.4 Å². The minimum absolute atomic E-state index is 0.226. The van der Waals surface area contributed by atoms with Gasteiger partial charge in [-0.3, -0.25) is 4.79 Å². The second-order valence-electron chi connectivity index (χ2n) is 6.09. The van der Waals surface area contributed by atoms with E-state index >= 15 is 0 Å². The highest BCUT2D eigenvalue weighted by Gasteiger charge is 2.16. The number of fused-ring (bicyclic) bond motifs is 1. The lowest BCUT2D eigenvalue weighted by atomic mass is 10.2. The summed E-state index contributed by atoms with van der Waals surface area (Å²) in [5.41, 5.74) is 2.64. The summed E-state index contributed by atoms with van der Waals surface area (Å²) in [6.07, 6.45) is 3.24. The number of nitrogens with one attached hydrogen (secondary N) is 1. The van der Waals surface area contributed by atoms with Crippen molar-refractivity contribution in [3.05, 3.63) is 71.3 Å². The molecular formula is C20H16ClN5O2. The molecule has 0 unspecified atom stereocenters. The van der Waals surface area contributed by atoms with E-state index in [0.717, 1.165) is 16.6 Å². The van der Waals surface area contributed by atoms with Gasteiger partial charge in [-0.15, -0.1) is 0 Å². The summed E-state index contributed by atoms with van der Waals surface area (Å²) in [5, 5.41) is 8.59.